The first-order valence-electron chi connectivity index (χ1n) is 6.54. The zero-order valence-corrected chi connectivity index (χ0v) is 13.1. The van der Waals surface area contributed by atoms with E-state index in [0.29, 0.717) is 12.1 Å². The Balaban J connectivity index is 1.54. The maximum absolute atomic E-state index is 11.7. The third-order valence-corrected chi connectivity index (χ3v) is 4.91. The Morgan fingerprint density at radius 2 is 2.29 bits per heavy atom. The van der Waals surface area contributed by atoms with Gasteiger partial charge in [0.2, 0.25) is 0 Å². The van der Waals surface area contributed by atoms with Crippen molar-refractivity contribution < 1.29 is 9.21 Å². The highest BCUT2D eigenvalue weighted by Crippen LogP contribution is 2.29. The molecule has 108 valence electrons. The molecule has 21 heavy (non-hydrogen) atoms. The van der Waals surface area contributed by atoms with Gasteiger partial charge < -0.3 is 9.73 Å². The predicted octanol–water partition coefficient (Wildman–Crippen LogP) is 3.75. The molecule has 0 aliphatic rings. The van der Waals surface area contributed by atoms with Gasteiger partial charge in [-0.15, -0.1) is 22.7 Å². The first-order valence-corrected chi connectivity index (χ1v) is 8.23. The SMILES string of the molecule is Cc1nc(-c2ccc(CCNC(=O)c3ccoc3)s2)cs1. The summed E-state index contributed by atoms with van der Waals surface area (Å²) < 4.78 is 4.89. The summed E-state index contributed by atoms with van der Waals surface area (Å²) in [6, 6.07) is 5.84. The van der Waals surface area contributed by atoms with Crippen LogP contribution in [0.3, 0.4) is 0 Å². The maximum atomic E-state index is 11.7. The fourth-order valence-corrected chi connectivity index (χ4v) is 3.58. The summed E-state index contributed by atoms with van der Waals surface area (Å²) in [5, 5.41) is 6.03. The summed E-state index contributed by atoms with van der Waals surface area (Å²) >= 11 is 3.38. The average Bonchev–Trinajstić information content (AvgIpc) is 3.19. The molecule has 0 saturated heterocycles. The Morgan fingerprint density at radius 1 is 1.38 bits per heavy atom. The minimum Gasteiger partial charge on any atom is -0.472 e. The summed E-state index contributed by atoms with van der Waals surface area (Å²) in [7, 11) is 0. The third kappa shape index (κ3) is 3.40. The summed E-state index contributed by atoms with van der Waals surface area (Å²) in [5.41, 5.74) is 1.59. The van der Waals surface area contributed by atoms with Crippen molar-refractivity contribution in [3.63, 3.8) is 0 Å². The number of aromatic nitrogens is 1. The van der Waals surface area contributed by atoms with E-state index >= 15 is 0 Å². The second-order valence-electron chi connectivity index (χ2n) is 4.54. The van der Waals surface area contributed by atoms with Crippen molar-refractivity contribution in [1.29, 1.82) is 0 Å². The lowest BCUT2D eigenvalue weighted by molar-refractivity contribution is 0.0953. The van der Waals surface area contributed by atoms with Gasteiger partial charge in [0.05, 0.1) is 27.4 Å². The Labute approximate surface area is 130 Å². The predicted molar refractivity (Wildman–Crippen MR) is 84.9 cm³/mol. The first kappa shape index (κ1) is 14.0. The number of thiazole rings is 1. The highest BCUT2D eigenvalue weighted by molar-refractivity contribution is 7.16. The van der Waals surface area contributed by atoms with Crippen LogP contribution in [0.2, 0.25) is 0 Å². The average molecular weight is 318 g/mol. The molecule has 1 N–H and O–H groups in total. The fourth-order valence-electron chi connectivity index (χ4n) is 1.92. The zero-order valence-electron chi connectivity index (χ0n) is 11.5. The number of nitrogens with one attached hydrogen (secondary N) is 1. The van der Waals surface area contributed by atoms with Crippen molar-refractivity contribution in [3.05, 3.63) is 51.6 Å². The van der Waals surface area contributed by atoms with Crippen LogP contribution in [0.1, 0.15) is 20.2 Å². The van der Waals surface area contributed by atoms with Gasteiger partial charge in [0.25, 0.3) is 5.91 Å². The minimum atomic E-state index is -0.101. The van der Waals surface area contributed by atoms with E-state index in [1.807, 2.05) is 6.92 Å². The van der Waals surface area contributed by atoms with Crippen LogP contribution in [-0.4, -0.2) is 17.4 Å². The Hall–Kier alpha value is -1.92. The molecule has 0 aromatic carbocycles. The van der Waals surface area contributed by atoms with Gasteiger partial charge in [-0.05, 0) is 31.5 Å². The van der Waals surface area contributed by atoms with Gasteiger partial charge >= 0.3 is 0 Å². The molecule has 3 heterocycles. The Morgan fingerprint density at radius 3 is 3.00 bits per heavy atom. The summed E-state index contributed by atoms with van der Waals surface area (Å²) in [6.07, 6.45) is 3.76. The van der Waals surface area contributed by atoms with Crippen LogP contribution in [0.15, 0.2) is 40.5 Å². The zero-order chi connectivity index (χ0) is 14.7. The molecule has 3 aromatic rings. The molecule has 0 bridgehead atoms. The van der Waals surface area contributed by atoms with E-state index in [1.54, 1.807) is 28.7 Å². The molecule has 4 nitrogen and oxygen atoms in total. The van der Waals surface area contributed by atoms with Gasteiger partial charge in [-0.1, -0.05) is 0 Å². The normalized spacial score (nSPS) is 10.7. The molecular formula is C15H14N2O2S2. The highest BCUT2D eigenvalue weighted by Gasteiger charge is 2.08. The lowest BCUT2D eigenvalue weighted by Crippen LogP contribution is -2.24. The van der Waals surface area contributed by atoms with E-state index in [-0.39, 0.29) is 5.91 Å². The highest BCUT2D eigenvalue weighted by atomic mass is 32.1. The van der Waals surface area contributed by atoms with E-state index in [0.717, 1.165) is 17.1 Å². The number of carbonyl (C=O) groups excluding carboxylic acids is 1. The van der Waals surface area contributed by atoms with Gasteiger partial charge in [-0.25, -0.2) is 4.98 Å². The number of hydrogen-bond acceptors (Lipinski definition) is 5. The number of furan rings is 1. The topological polar surface area (TPSA) is 55.1 Å². The van der Waals surface area contributed by atoms with Crippen LogP contribution in [0.4, 0.5) is 0 Å². The van der Waals surface area contributed by atoms with Crippen LogP contribution < -0.4 is 5.32 Å². The number of amides is 1. The van der Waals surface area contributed by atoms with E-state index in [1.165, 1.54) is 22.3 Å². The fraction of sp³-hybridized carbons (Fsp3) is 0.200. The number of carbonyl (C=O) groups is 1. The number of hydrogen-bond donors (Lipinski definition) is 1. The quantitative estimate of drug-likeness (QED) is 0.779. The molecule has 3 aromatic heterocycles. The maximum Gasteiger partial charge on any atom is 0.254 e. The third-order valence-electron chi connectivity index (χ3n) is 2.97. The molecule has 0 radical (unpaired) electrons. The van der Waals surface area contributed by atoms with Crippen molar-refractivity contribution in [2.45, 2.75) is 13.3 Å². The van der Waals surface area contributed by atoms with Gasteiger partial charge in [0.15, 0.2) is 0 Å². The van der Waals surface area contributed by atoms with Gasteiger partial charge in [-0.2, -0.15) is 0 Å². The molecule has 0 fully saturated rings. The molecule has 0 spiro atoms. The second-order valence-corrected chi connectivity index (χ2v) is 6.77. The lowest BCUT2D eigenvalue weighted by Gasteiger charge is -2.01. The van der Waals surface area contributed by atoms with Gasteiger partial charge in [0, 0.05) is 16.8 Å². The summed E-state index contributed by atoms with van der Waals surface area (Å²) in [4.78, 5) is 18.6. The van der Waals surface area contributed by atoms with E-state index in [4.69, 9.17) is 4.42 Å². The van der Waals surface area contributed by atoms with Crippen LogP contribution in [0, 0.1) is 6.92 Å². The second kappa shape index (κ2) is 6.24. The standard InChI is InChI=1S/C15H14N2O2S2/c1-10-17-13(9-20-10)14-3-2-12(21-14)4-6-16-15(18)11-5-7-19-8-11/h2-3,5,7-9H,4,6H2,1H3,(H,16,18). The summed E-state index contributed by atoms with van der Waals surface area (Å²) in [6.45, 7) is 2.62. The lowest BCUT2D eigenvalue weighted by atomic mass is 10.3. The molecule has 0 aliphatic carbocycles. The van der Waals surface area contributed by atoms with Crippen LogP contribution >= 0.6 is 22.7 Å². The van der Waals surface area contributed by atoms with Crippen LogP contribution in [0.5, 0.6) is 0 Å². The molecule has 0 atom stereocenters. The summed E-state index contributed by atoms with van der Waals surface area (Å²) in [5.74, 6) is -0.101. The van der Waals surface area contributed by atoms with E-state index in [2.05, 4.69) is 27.8 Å². The molecular weight excluding hydrogens is 304 g/mol. The smallest absolute Gasteiger partial charge is 0.254 e. The van der Waals surface area contributed by atoms with Crippen molar-refractivity contribution in [2.24, 2.45) is 0 Å². The Bertz CT molecular complexity index is 729. The van der Waals surface area contributed by atoms with Crippen molar-refractivity contribution >= 4 is 28.6 Å². The van der Waals surface area contributed by atoms with E-state index in [9.17, 15) is 4.79 Å². The molecule has 3 rings (SSSR count). The van der Waals surface area contributed by atoms with E-state index < -0.39 is 0 Å². The Kier molecular flexibility index (Phi) is 4.17. The number of nitrogens with zero attached hydrogens (tertiary/aromatic N) is 1. The van der Waals surface area contributed by atoms with Crippen LogP contribution in [0.25, 0.3) is 10.6 Å². The van der Waals surface area contributed by atoms with Crippen molar-refractivity contribution in [2.75, 3.05) is 6.54 Å². The number of thiophene rings is 1. The molecule has 0 saturated carbocycles. The monoisotopic (exact) mass is 318 g/mol. The number of aryl methyl sites for hydroxylation is 1. The molecule has 1 amide bonds. The minimum absolute atomic E-state index is 0.101. The number of rotatable bonds is 5. The van der Waals surface area contributed by atoms with Crippen molar-refractivity contribution in [3.8, 4) is 10.6 Å². The molecule has 0 unspecified atom stereocenters. The largest absolute Gasteiger partial charge is 0.472 e. The van der Waals surface area contributed by atoms with Crippen molar-refractivity contribution in [1.82, 2.24) is 10.3 Å². The van der Waals surface area contributed by atoms with Gasteiger partial charge in [0.1, 0.15) is 6.26 Å². The van der Waals surface area contributed by atoms with Gasteiger partial charge in [-0.3, -0.25) is 4.79 Å². The molecule has 0 aliphatic heterocycles. The first-order chi connectivity index (χ1) is 10.2. The van der Waals surface area contributed by atoms with Crippen LogP contribution in [-0.2, 0) is 6.42 Å². The molecule has 6 heteroatoms.